The molecule has 0 fully saturated rings. The Hall–Kier alpha value is -1.65. The van der Waals surface area contributed by atoms with Gasteiger partial charge in [0.15, 0.2) is 0 Å². The molecule has 0 radical (unpaired) electrons. The third kappa shape index (κ3) is 3.03. The lowest BCUT2D eigenvalue weighted by Gasteiger charge is -2.26. The van der Waals surface area contributed by atoms with Gasteiger partial charge in [-0.1, -0.05) is 6.92 Å². The van der Waals surface area contributed by atoms with Gasteiger partial charge in [0, 0.05) is 24.8 Å². The second-order valence-corrected chi connectivity index (χ2v) is 5.35. The molecule has 5 nitrogen and oxygen atoms in total. The van der Waals surface area contributed by atoms with E-state index in [9.17, 15) is 4.79 Å². The molecule has 104 valence electrons. The van der Waals surface area contributed by atoms with Crippen LogP contribution in [0.3, 0.4) is 0 Å². The molecule has 1 heterocycles. The number of aliphatic carboxylic acids is 1. The third-order valence-electron chi connectivity index (χ3n) is 3.60. The van der Waals surface area contributed by atoms with Gasteiger partial charge in [0.2, 0.25) is 0 Å². The monoisotopic (exact) mass is 263 g/mol. The van der Waals surface area contributed by atoms with Crippen LogP contribution >= 0.6 is 0 Å². The quantitative estimate of drug-likeness (QED) is 0.897. The van der Waals surface area contributed by atoms with Gasteiger partial charge in [-0.3, -0.25) is 4.79 Å². The van der Waals surface area contributed by atoms with Crippen LogP contribution in [0.15, 0.2) is 0 Å². The zero-order chi connectivity index (χ0) is 14.0. The van der Waals surface area contributed by atoms with Crippen molar-refractivity contribution in [3.05, 3.63) is 17.1 Å². The lowest BCUT2D eigenvalue weighted by Crippen LogP contribution is -2.30. The van der Waals surface area contributed by atoms with Gasteiger partial charge in [0.25, 0.3) is 0 Å². The molecule has 0 amide bonds. The highest BCUT2D eigenvalue weighted by atomic mass is 16.4. The van der Waals surface area contributed by atoms with Crippen molar-refractivity contribution in [1.82, 2.24) is 9.97 Å². The van der Waals surface area contributed by atoms with Crippen LogP contribution in [0.2, 0.25) is 0 Å². The summed E-state index contributed by atoms with van der Waals surface area (Å²) in [4.78, 5) is 22.0. The summed E-state index contributed by atoms with van der Waals surface area (Å²) in [5.74, 6) is 0.506. The maximum absolute atomic E-state index is 11.0. The van der Waals surface area contributed by atoms with Crippen molar-refractivity contribution in [2.24, 2.45) is 5.92 Å². The minimum Gasteiger partial charge on any atom is -0.481 e. The summed E-state index contributed by atoms with van der Waals surface area (Å²) in [6.45, 7) is 4.09. The molecule has 0 aliphatic heterocycles. The third-order valence-corrected chi connectivity index (χ3v) is 3.60. The fourth-order valence-corrected chi connectivity index (χ4v) is 2.59. The SMILES string of the molecule is Cc1nc2c(c(N(C)CC(C)C(=O)O)n1)CCCC2. The normalized spacial score (nSPS) is 15.7. The van der Waals surface area contributed by atoms with E-state index in [-0.39, 0.29) is 0 Å². The second-order valence-electron chi connectivity index (χ2n) is 5.35. The van der Waals surface area contributed by atoms with Crippen LogP contribution in [0.4, 0.5) is 5.82 Å². The summed E-state index contributed by atoms with van der Waals surface area (Å²) in [6, 6.07) is 0. The van der Waals surface area contributed by atoms with Gasteiger partial charge < -0.3 is 10.0 Å². The van der Waals surface area contributed by atoms with Crippen LogP contribution in [0.1, 0.15) is 36.8 Å². The van der Waals surface area contributed by atoms with Crippen molar-refractivity contribution in [1.29, 1.82) is 0 Å². The van der Waals surface area contributed by atoms with Gasteiger partial charge in [-0.05, 0) is 32.6 Å². The van der Waals surface area contributed by atoms with Crippen molar-refractivity contribution in [2.75, 3.05) is 18.5 Å². The molecule has 1 aliphatic carbocycles. The van der Waals surface area contributed by atoms with Crippen LogP contribution in [0.5, 0.6) is 0 Å². The predicted molar refractivity (Wildman–Crippen MR) is 73.5 cm³/mol. The van der Waals surface area contributed by atoms with E-state index >= 15 is 0 Å². The van der Waals surface area contributed by atoms with E-state index < -0.39 is 11.9 Å². The smallest absolute Gasteiger partial charge is 0.308 e. The highest BCUT2D eigenvalue weighted by Gasteiger charge is 2.21. The molecule has 0 saturated carbocycles. The molecule has 0 bridgehead atoms. The molecule has 5 heteroatoms. The Balaban J connectivity index is 2.28. The van der Waals surface area contributed by atoms with Crippen molar-refractivity contribution in [3.8, 4) is 0 Å². The van der Waals surface area contributed by atoms with Crippen molar-refractivity contribution in [3.63, 3.8) is 0 Å². The number of aromatic nitrogens is 2. The Morgan fingerprint density at radius 2 is 2.05 bits per heavy atom. The molecule has 1 N–H and O–H groups in total. The molecule has 1 aromatic rings. The number of hydrogen-bond acceptors (Lipinski definition) is 4. The topological polar surface area (TPSA) is 66.3 Å². The number of nitrogens with zero attached hydrogens (tertiary/aromatic N) is 3. The lowest BCUT2D eigenvalue weighted by molar-refractivity contribution is -0.140. The molecule has 1 aliphatic rings. The average Bonchev–Trinajstić information content (AvgIpc) is 2.37. The van der Waals surface area contributed by atoms with Crippen molar-refractivity contribution in [2.45, 2.75) is 39.5 Å². The fraction of sp³-hybridized carbons (Fsp3) is 0.643. The molecule has 0 aromatic carbocycles. The molecular weight excluding hydrogens is 242 g/mol. The first-order chi connectivity index (χ1) is 8.99. The van der Waals surface area contributed by atoms with Gasteiger partial charge in [0.05, 0.1) is 5.92 Å². The first kappa shape index (κ1) is 13.8. The van der Waals surface area contributed by atoms with Gasteiger partial charge in [-0.25, -0.2) is 9.97 Å². The Morgan fingerprint density at radius 3 is 2.74 bits per heavy atom. The summed E-state index contributed by atoms with van der Waals surface area (Å²) >= 11 is 0. The van der Waals surface area contributed by atoms with Crippen molar-refractivity contribution >= 4 is 11.8 Å². The highest BCUT2D eigenvalue weighted by Crippen LogP contribution is 2.27. The summed E-state index contributed by atoms with van der Waals surface area (Å²) in [6.07, 6.45) is 4.34. The predicted octanol–water partition coefficient (Wildman–Crippen LogP) is 1.82. The number of aryl methyl sites for hydroxylation is 2. The number of rotatable bonds is 4. The number of anilines is 1. The first-order valence-electron chi connectivity index (χ1n) is 6.79. The molecule has 19 heavy (non-hydrogen) atoms. The van der Waals surface area contributed by atoms with Crippen LogP contribution < -0.4 is 4.90 Å². The number of hydrogen-bond donors (Lipinski definition) is 1. The second kappa shape index (κ2) is 5.55. The summed E-state index contributed by atoms with van der Waals surface area (Å²) in [5.41, 5.74) is 2.35. The Kier molecular flexibility index (Phi) is 4.02. The summed E-state index contributed by atoms with van der Waals surface area (Å²) in [5, 5.41) is 9.01. The van der Waals surface area contributed by atoms with Crippen LogP contribution in [-0.2, 0) is 17.6 Å². The van der Waals surface area contributed by atoms with E-state index in [0.717, 1.165) is 36.6 Å². The summed E-state index contributed by atoms with van der Waals surface area (Å²) in [7, 11) is 1.91. The number of carboxylic acid groups (broad SMARTS) is 1. The largest absolute Gasteiger partial charge is 0.481 e. The minimum absolute atomic E-state index is 0.403. The number of carbonyl (C=O) groups is 1. The zero-order valence-electron chi connectivity index (χ0n) is 11.8. The van der Waals surface area contributed by atoms with E-state index in [0.29, 0.717) is 6.54 Å². The van der Waals surface area contributed by atoms with Gasteiger partial charge in [0.1, 0.15) is 11.6 Å². The molecule has 2 rings (SSSR count). The minimum atomic E-state index is -0.772. The molecule has 0 spiro atoms. The van der Waals surface area contributed by atoms with Crippen LogP contribution in [-0.4, -0.2) is 34.6 Å². The Bertz CT molecular complexity index is 488. The van der Waals surface area contributed by atoms with E-state index in [1.165, 1.54) is 12.0 Å². The Morgan fingerprint density at radius 1 is 1.37 bits per heavy atom. The van der Waals surface area contributed by atoms with E-state index in [2.05, 4.69) is 9.97 Å². The molecule has 1 unspecified atom stereocenters. The maximum Gasteiger partial charge on any atom is 0.308 e. The van der Waals surface area contributed by atoms with E-state index in [1.807, 2.05) is 18.9 Å². The molecule has 1 atom stereocenters. The lowest BCUT2D eigenvalue weighted by atomic mass is 9.96. The maximum atomic E-state index is 11.0. The van der Waals surface area contributed by atoms with E-state index in [1.54, 1.807) is 6.92 Å². The summed E-state index contributed by atoms with van der Waals surface area (Å²) < 4.78 is 0. The molecule has 1 aromatic heterocycles. The van der Waals surface area contributed by atoms with Crippen LogP contribution in [0.25, 0.3) is 0 Å². The van der Waals surface area contributed by atoms with Crippen LogP contribution in [0, 0.1) is 12.8 Å². The average molecular weight is 263 g/mol. The number of carboxylic acids is 1. The molecule has 0 saturated heterocycles. The standard InChI is InChI=1S/C14H21N3O2/c1-9(14(18)19)8-17(3)13-11-6-4-5-7-12(11)15-10(2)16-13/h9H,4-8H2,1-3H3,(H,18,19). The Labute approximate surface area is 113 Å². The van der Waals surface area contributed by atoms with Crippen molar-refractivity contribution < 1.29 is 9.90 Å². The van der Waals surface area contributed by atoms with Gasteiger partial charge in [-0.15, -0.1) is 0 Å². The zero-order valence-corrected chi connectivity index (χ0v) is 11.8. The van der Waals surface area contributed by atoms with Gasteiger partial charge in [-0.2, -0.15) is 0 Å². The highest BCUT2D eigenvalue weighted by molar-refractivity contribution is 5.70. The molecular formula is C14H21N3O2. The van der Waals surface area contributed by atoms with E-state index in [4.69, 9.17) is 5.11 Å². The first-order valence-corrected chi connectivity index (χ1v) is 6.79. The fourth-order valence-electron chi connectivity index (χ4n) is 2.59. The number of fused-ring (bicyclic) bond motifs is 1. The van der Waals surface area contributed by atoms with Gasteiger partial charge >= 0.3 is 5.97 Å².